The lowest BCUT2D eigenvalue weighted by molar-refractivity contribution is 0.324. The van der Waals surface area contributed by atoms with E-state index in [9.17, 15) is 0 Å². The lowest BCUT2D eigenvalue weighted by atomic mass is 10.0. The van der Waals surface area contributed by atoms with Crippen molar-refractivity contribution in [3.05, 3.63) is 76.8 Å². The van der Waals surface area contributed by atoms with Crippen LogP contribution in [0.1, 0.15) is 57.9 Å². The number of nitrogens with two attached hydrogens (primary N) is 1. The fourth-order valence-corrected chi connectivity index (χ4v) is 3.23. The van der Waals surface area contributed by atoms with E-state index in [1.54, 1.807) is 0 Å². The van der Waals surface area contributed by atoms with Gasteiger partial charge in [-0.3, -0.25) is 0 Å². The summed E-state index contributed by atoms with van der Waals surface area (Å²) in [5.74, 6) is 0.908. The minimum Gasteiger partial charge on any atom is -0.493 e. The second kappa shape index (κ2) is 10.7. The van der Waals surface area contributed by atoms with Gasteiger partial charge in [-0.2, -0.15) is 0 Å². The molecule has 0 unspecified atom stereocenters. The Morgan fingerprint density at radius 1 is 1.15 bits per heavy atom. The first-order valence-corrected chi connectivity index (χ1v) is 9.94. The van der Waals surface area contributed by atoms with Crippen molar-refractivity contribution in [2.75, 3.05) is 6.61 Å². The molecule has 3 heteroatoms. The number of ether oxygens (including phenoxy) is 1. The number of aryl methyl sites for hydroxylation is 1. The molecular weight excluding hydrogens is 332 g/mol. The van der Waals surface area contributed by atoms with E-state index in [-0.39, 0.29) is 0 Å². The van der Waals surface area contributed by atoms with Gasteiger partial charge in [0.15, 0.2) is 0 Å². The van der Waals surface area contributed by atoms with Crippen LogP contribution >= 0.6 is 0 Å². The molecule has 1 aliphatic carbocycles. The van der Waals surface area contributed by atoms with Crippen molar-refractivity contribution < 1.29 is 4.74 Å². The number of hydrogen-bond acceptors (Lipinski definition) is 3. The topological polar surface area (TPSA) is 47.3 Å². The molecule has 0 saturated carbocycles. The first-order valence-electron chi connectivity index (χ1n) is 9.94. The van der Waals surface area contributed by atoms with Crippen molar-refractivity contribution >= 4 is 0 Å². The van der Waals surface area contributed by atoms with Gasteiger partial charge in [0.05, 0.1) is 6.61 Å². The number of hydrogen-bond donors (Lipinski definition) is 2. The summed E-state index contributed by atoms with van der Waals surface area (Å²) in [4.78, 5) is 0. The highest BCUT2D eigenvalue weighted by atomic mass is 16.5. The number of nitrogens with one attached hydrogen (secondary N) is 1. The Morgan fingerprint density at radius 2 is 1.85 bits per heavy atom. The molecule has 0 aliphatic heterocycles. The predicted octanol–water partition coefficient (Wildman–Crippen LogP) is 5.89. The molecule has 0 bridgehead atoms. The molecule has 0 aromatic heterocycles. The molecule has 27 heavy (non-hydrogen) atoms. The van der Waals surface area contributed by atoms with Crippen LogP contribution in [-0.4, -0.2) is 6.61 Å². The molecule has 0 saturated heterocycles. The first-order chi connectivity index (χ1) is 13.0. The molecule has 146 valence electrons. The lowest BCUT2D eigenvalue weighted by Gasteiger charge is -2.17. The van der Waals surface area contributed by atoms with E-state index in [1.807, 2.05) is 12.1 Å². The minimum absolute atomic E-state index is 0.635. The Bertz CT molecular complexity index is 719. The molecule has 0 spiro atoms. The van der Waals surface area contributed by atoms with E-state index < -0.39 is 0 Å². The SMILES string of the molecule is C=C(C=C(C)C)N/C(=C/CCOc1ccc(C)cc1)C1=C(N)CCCCC1. The van der Waals surface area contributed by atoms with Gasteiger partial charge in [-0.1, -0.05) is 42.3 Å². The molecule has 1 aromatic rings. The zero-order chi connectivity index (χ0) is 19.6. The van der Waals surface area contributed by atoms with Crippen LogP contribution in [0.15, 0.2) is 71.2 Å². The van der Waals surface area contributed by atoms with Crippen LogP contribution in [0.25, 0.3) is 0 Å². The van der Waals surface area contributed by atoms with Crippen LogP contribution in [-0.2, 0) is 0 Å². The van der Waals surface area contributed by atoms with Gasteiger partial charge in [0.25, 0.3) is 0 Å². The van der Waals surface area contributed by atoms with Crippen LogP contribution in [0, 0.1) is 6.92 Å². The zero-order valence-corrected chi connectivity index (χ0v) is 17.1. The molecule has 3 nitrogen and oxygen atoms in total. The number of benzene rings is 1. The van der Waals surface area contributed by atoms with Gasteiger partial charge >= 0.3 is 0 Å². The second-order valence-corrected chi connectivity index (χ2v) is 7.50. The fourth-order valence-electron chi connectivity index (χ4n) is 3.23. The molecular formula is C24H34N2O. The summed E-state index contributed by atoms with van der Waals surface area (Å²) in [6.45, 7) is 11.0. The van der Waals surface area contributed by atoms with Crippen LogP contribution in [0.5, 0.6) is 5.75 Å². The van der Waals surface area contributed by atoms with Crippen molar-refractivity contribution in [3.8, 4) is 5.75 Å². The van der Waals surface area contributed by atoms with Gasteiger partial charge in [-0.25, -0.2) is 0 Å². The standard InChI is InChI=1S/C24H34N2O/c1-18(2)17-20(4)26-24(22-9-6-5-7-10-23(22)25)11-8-16-27-21-14-12-19(3)13-15-21/h11-15,17,26H,4-10,16,25H2,1-3H3/b24-11+. The van der Waals surface area contributed by atoms with Crippen molar-refractivity contribution in [3.63, 3.8) is 0 Å². The Morgan fingerprint density at radius 3 is 2.56 bits per heavy atom. The molecule has 0 atom stereocenters. The monoisotopic (exact) mass is 366 g/mol. The van der Waals surface area contributed by atoms with Crippen molar-refractivity contribution in [1.82, 2.24) is 5.32 Å². The summed E-state index contributed by atoms with van der Waals surface area (Å²) in [6.07, 6.45) is 10.7. The second-order valence-electron chi connectivity index (χ2n) is 7.50. The predicted molar refractivity (Wildman–Crippen MR) is 115 cm³/mol. The van der Waals surface area contributed by atoms with E-state index in [0.29, 0.717) is 6.61 Å². The van der Waals surface area contributed by atoms with E-state index in [4.69, 9.17) is 10.5 Å². The Kier molecular flexibility index (Phi) is 8.25. The van der Waals surface area contributed by atoms with E-state index in [0.717, 1.165) is 42.1 Å². The third kappa shape index (κ3) is 7.38. The largest absolute Gasteiger partial charge is 0.493 e. The van der Waals surface area contributed by atoms with Crippen LogP contribution in [0.4, 0.5) is 0 Å². The van der Waals surface area contributed by atoms with Gasteiger partial charge in [-0.15, -0.1) is 0 Å². The highest BCUT2D eigenvalue weighted by Gasteiger charge is 2.13. The molecule has 0 fully saturated rings. The zero-order valence-electron chi connectivity index (χ0n) is 17.1. The molecule has 2 rings (SSSR count). The van der Waals surface area contributed by atoms with Crippen LogP contribution in [0.3, 0.4) is 0 Å². The summed E-state index contributed by atoms with van der Waals surface area (Å²) in [5, 5.41) is 3.48. The summed E-state index contributed by atoms with van der Waals surface area (Å²) in [5.41, 5.74) is 13.1. The van der Waals surface area contributed by atoms with Gasteiger partial charge in [0.2, 0.25) is 0 Å². The quantitative estimate of drug-likeness (QED) is 0.445. The number of allylic oxidation sites excluding steroid dienone is 4. The lowest BCUT2D eigenvalue weighted by Crippen LogP contribution is -2.16. The van der Waals surface area contributed by atoms with E-state index in [2.05, 4.69) is 57.0 Å². The maximum Gasteiger partial charge on any atom is 0.119 e. The maximum atomic E-state index is 6.39. The first kappa shape index (κ1) is 20.9. The van der Waals surface area contributed by atoms with Crippen molar-refractivity contribution in [2.24, 2.45) is 5.73 Å². The van der Waals surface area contributed by atoms with E-state index in [1.165, 1.54) is 36.0 Å². The maximum absolute atomic E-state index is 6.39. The molecule has 0 radical (unpaired) electrons. The van der Waals surface area contributed by atoms with Gasteiger partial charge in [0.1, 0.15) is 5.75 Å². The van der Waals surface area contributed by atoms with Crippen LogP contribution in [0.2, 0.25) is 0 Å². The molecule has 3 N–H and O–H groups in total. The third-order valence-electron chi connectivity index (χ3n) is 4.60. The summed E-state index contributed by atoms with van der Waals surface area (Å²) >= 11 is 0. The fraction of sp³-hybridized carbons (Fsp3) is 0.417. The third-order valence-corrected chi connectivity index (χ3v) is 4.60. The van der Waals surface area contributed by atoms with Crippen LogP contribution < -0.4 is 15.8 Å². The minimum atomic E-state index is 0.635. The van der Waals surface area contributed by atoms with Crippen molar-refractivity contribution in [1.29, 1.82) is 0 Å². The Labute approximate surface area is 164 Å². The molecule has 0 heterocycles. The summed E-state index contributed by atoms with van der Waals surface area (Å²) in [6, 6.07) is 8.17. The highest BCUT2D eigenvalue weighted by Crippen LogP contribution is 2.26. The summed E-state index contributed by atoms with van der Waals surface area (Å²) < 4.78 is 5.87. The average molecular weight is 367 g/mol. The molecule has 1 aliphatic rings. The number of rotatable bonds is 8. The average Bonchev–Trinajstić information content (AvgIpc) is 2.83. The Hall–Kier alpha value is -2.42. The van der Waals surface area contributed by atoms with Gasteiger partial charge in [-0.05, 0) is 70.2 Å². The summed E-state index contributed by atoms with van der Waals surface area (Å²) in [7, 11) is 0. The van der Waals surface area contributed by atoms with E-state index >= 15 is 0 Å². The Balaban J connectivity index is 2.07. The van der Waals surface area contributed by atoms with Gasteiger partial charge < -0.3 is 15.8 Å². The normalized spacial score (nSPS) is 15.1. The van der Waals surface area contributed by atoms with Gasteiger partial charge in [0, 0.05) is 23.5 Å². The molecule has 0 amide bonds. The highest BCUT2D eigenvalue weighted by molar-refractivity contribution is 5.37. The smallest absolute Gasteiger partial charge is 0.119 e. The van der Waals surface area contributed by atoms with Crippen molar-refractivity contribution in [2.45, 2.75) is 59.3 Å². The molecule has 1 aromatic carbocycles.